The highest BCUT2D eigenvalue weighted by Crippen LogP contribution is 2.34. The maximum atomic E-state index is 12.5. The fourth-order valence-corrected chi connectivity index (χ4v) is 3.55. The van der Waals surface area contributed by atoms with Gasteiger partial charge < -0.3 is 9.94 Å². The highest BCUT2D eigenvalue weighted by molar-refractivity contribution is 8.02. The number of hydrogen-bond acceptors (Lipinski definition) is 5. The molecule has 120 valence electrons. The van der Waals surface area contributed by atoms with Gasteiger partial charge in [-0.3, -0.25) is 4.79 Å². The highest BCUT2D eigenvalue weighted by Gasteiger charge is 2.32. The minimum atomic E-state index is -0.0268. The Labute approximate surface area is 136 Å². The van der Waals surface area contributed by atoms with Crippen molar-refractivity contribution in [2.45, 2.75) is 39.5 Å². The number of nitrogens with zero attached hydrogens (tertiary/aromatic N) is 1. The quantitative estimate of drug-likeness (QED) is 0.589. The third-order valence-corrected chi connectivity index (χ3v) is 4.63. The Morgan fingerprint density at radius 3 is 2.86 bits per heavy atom. The molecule has 0 fully saturated rings. The zero-order valence-corrected chi connectivity index (χ0v) is 14.0. The van der Waals surface area contributed by atoms with Crippen LogP contribution in [0.4, 0.5) is 0 Å². The second-order valence-electron chi connectivity index (χ2n) is 5.44. The van der Waals surface area contributed by atoms with Crippen LogP contribution in [-0.4, -0.2) is 29.0 Å². The predicted octanol–water partition coefficient (Wildman–Crippen LogP) is 4.16. The lowest BCUT2D eigenvalue weighted by Crippen LogP contribution is -2.26. The van der Waals surface area contributed by atoms with Crippen molar-refractivity contribution < 1.29 is 14.7 Å². The van der Waals surface area contributed by atoms with Crippen molar-refractivity contribution >= 4 is 23.3 Å². The van der Waals surface area contributed by atoms with E-state index in [4.69, 9.17) is 4.84 Å². The van der Waals surface area contributed by atoms with Gasteiger partial charge in [0.1, 0.15) is 12.4 Å². The van der Waals surface area contributed by atoms with E-state index in [2.05, 4.69) is 11.2 Å². The van der Waals surface area contributed by atoms with E-state index in [0.717, 1.165) is 12.2 Å². The molecule has 2 rings (SSSR count). The first kappa shape index (κ1) is 16.9. The number of carbonyl (C=O) groups is 1. The number of oxime groups is 1. The lowest BCUT2D eigenvalue weighted by molar-refractivity contribution is -0.116. The Morgan fingerprint density at radius 1 is 1.45 bits per heavy atom. The van der Waals surface area contributed by atoms with Crippen LogP contribution in [0, 0.1) is 5.92 Å². The fourth-order valence-electron chi connectivity index (χ4n) is 2.74. The van der Waals surface area contributed by atoms with Gasteiger partial charge in [0, 0.05) is 18.6 Å². The van der Waals surface area contributed by atoms with Crippen LogP contribution in [0.1, 0.15) is 39.5 Å². The molecule has 0 saturated carbocycles. The average molecular weight is 321 g/mol. The van der Waals surface area contributed by atoms with Crippen molar-refractivity contribution in [2.75, 3.05) is 12.4 Å². The number of aliphatic hydroxyl groups excluding tert-OH is 1. The Kier molecular flexibility index (Phi) is 6.31. The highest BCUT2D eigenvalue weighted by atomic mass is 32.2. The minimum Gasteiger partial charge on any atom is -0.511 e. The van der Waals surface area contributed by atoms with Crippen LogP contribution < -0.4 is 0 Å². The van der Waals surface area contributed by atoms with Gasteiger partial charge in [-0.2, -0.15) is 0 Å². The van der Waals surface area contributed by atoms with E-state index in [0.29, 0.717) is 37.2 Å². The average Bonchev–Trinajstić information content (AvgIpc) is 2.52. The lowest BCUT2D eigenvalue weighted by Gasteiger charge is -2.26. The molecule has 0 aromatic carbocycles. The van der Waals surface area contributed by atoms with Crippen molar-refractivity contribution in [3.63, 3.8) is 0 Å². The van der Waals surface area contributed by atoms with Crippen LogP contribution in [0.2, 0.25) is 0 Å². The van der Waals surface area contributed by atoms with Crippen molar-refractivity contribution in [1.29, 1.82) is 0 Å². The number of ketones is 1. The Bertz CT molecular complexity index is 546. The topological polar surface area (TPSA) is 58.9 Å². The molecule has 1 atom stereocenters. The third kappa shape index (κ3) is 4.03. The van der Waals surface area contributed by atoms with Crippen LogP contribution in [0.15, 0.2) is 39.6 Å². The molecule has 0 bridgehead atoms. The summed E-state index contributed by atoms with van der Waals surface area (Å²) in [5.41, 5.74) is 2.19. The predicted molar refractivity (Wildman–Crippen MR) is 91.0 cm³/mol. The summed E-state index contributed by atoms with van der Waals surface area (Å²) in [5, 5.41) is 16.5. The monoisotopic (exact) mass is 321 g/mol. The van der Waals surface area contributed by atoms with Gasteiger partial charge in [-0.15, -0.1) is 11.8 Å². The Morgan fingerprint density at radius 2 is 2.27 bits per heavy atom. The summed E-state index contributed by atoms with van der Waals surface area (Å²) in [5.74, 6) is 1.13. The summed E-state index contributed by atoms with van der Waals surface area (Å²) < 4.78 is 0. The second kappa shape index (κ2) is 8.22. The van der Waals surface area contributed by atoms with E-state index < -0.39 is 0 Å². The van der Waals surface area contributed by atoms with Gasteiger partial charge in [0.25, 0.3) is 0 Å². The summed E-state index contributed by atoms with van der Waals surface area (Å²) in [4.78, 5) is 17.6. The van der Waals surface area contributed by atoms with Gasteiger partial charge >= 0.3 is 0 Å². The van der Waals surface area contributed by atoms with E-state index in [1.165, 1.54) is 5.57 Å². The van der Waals surface area contributed by atoms with Gasteiger partial charge in [0.15, 0.2) is 5.78 Å². The van der Waals surface area contributed by atoms with Crippen molar-refractivity contribution in [2.24, 2.45) is 11.1 Å². The molecule has 5 heteroatoms. The van der Waals surface area contributed by atoms with E-state index in [9.17, 15) is 9.90 Å². The molecular formula is C17H23NO3S. The molecule has 0 amide bonds. The van der Waals surface area contributed by atoms with Gasteiger partial charge in [-0.05, 0) is 24.7 Å². The SMILES string of the molecule is CCCC(=NOCC)C1=C(O)CC(C2=CC=CSC2)CC1=O. The van der Waals surface area contributed by atoms with Gasteiger partial charge in [-0.1, -0.05) is 36.2 Å². The van der Waals surface area contributed by atoms with E-state index >= 15 is 0 Å². The number of thioether (sulfide) groups is 1. The number of carbonyl (C=O) groups excluding carboxylic acids is 1. The normalized spacial score (nSPS) is 22.8. The number of aliphatic hydroxyl groups is 1. The summed E-state index contributed by atoms with van der Waals surface area (Å²) in [7, 11) is 0. The number of allylic oxidation sites excluding steroid dienone is 4. The number of hydrogen-bond donors (Lipinski definition) is 1. The molecule has 0 aromatic heterocycles. The molecule has 1 N–H and O–H groups in total. The van der Waals surface area contributed by atoms with E-state index in [1.807, 2.05) is 25.3 Å². The zero-order chi connectivity index (χ0) is 15.9. The molecular weight excluding hydrogens is 298 g/mol. The van der Waals surface area contributed by atoms with E-state index in [1.54, 1.807) is 11.8 Å². The largest absolute Gasteiger partial charge is 0.511 e. The van der Waals surface area contributed by atoms with Crippen LogP contribution in [-0.2, 0) is 9.63 Å². The molecule has 0 aromatic rings. The zero-order valence-electron chi connectivity index (χ0n) is 13.2. The first-order chi connectivity index (χ1) is 10.7. The van der Waals surface area contributed by atoms with Crippen LogP contribution in [0.3, 0.4) is 0 Å². The van der Waals surface area contributed by atoms with Crippen LogP contribution >= 0.6 is 11.8 Å². The Hall–Kier alpha value is -1.49. The number of Topliss-reactive ketones (excluding diaryl/α,β-unsaturated/α-hetero) is 1. The molecule has 1 aliphatic heterocycles. The summed E-state index contributed by atoms with van der Waals surface area (Å²) in [6, 6.07) is 0. The molecule has 1 aliphatic carbocycles. The summed E-state index contributed by atoms with van der Waals surface area (Å²) >= 11 is 1.72. The molecule has 22 heavy (non-hydrogen) atoms. The molecule has 0 spiro atoms. The standard InChI is InChI=1S/C17H23NO3S/c1-3-6-14(18-21-4-2)17-15(19)9-13(10-16(17)20)12-7-5-8-22-11-12/h5,7-8,13,19H,3-4,6,9-11H2,1-2H3. The number of rotatable bonds is 6. The first-order valence-electron chi connectivity index (χ1n) is 7.79. The van der Waals surface area contributed by atoms with Gasteiger partial charge in [0.05, 0.1) is 11.3 Å². The molecule has 1 heterocycles. The smallest absolute Gasteiger partial charge is 0.168 e. The maximum Gasteiger partial charge on any atom is 0.168 e. The minimum absolute atomic E-state index is 0.0268. The molecule has 4 nitrogen and oxygen atoms in total. The van der Waals surface area contributed by atoms with Gasteiger partial charge in [-0.25, -0.2) is 0 Å². The first-order valence-corrected chi connectivity index (χ1v) is 8.83. The molecule has 0 radical (unpaired) electrons. The Balaban J connectivity index is 2.23. The summed E-state index contributed by atoms with van der Waals surface area (Å²) in [6.07, 6.45) is 6.50. The van der Waals surface area contributed by atoms with Crippen LogP contribution in [0.25, 0.3) is 0 Å². The lowest BCUT2D eigenvalue weighted by atomic mass is 9.80. The van der Waals surface area contributed by atoms with Crippen molar-refractivity contribution in [3.05, 3.63) is 34.5 Å². The van der Waals surface area contributed by atoms with Gasteiger partial charge in [0.2, 0.25) is 0 Å². The fraction of sp³-hybridized carbons (Fsp3) is 0.529. The van der Waals surface area contributed by atoms with Crippen molar-refractivity contribution in [3.8, 4) is 0 Å². The molecule has 0 saturated heterocycles. The second-order valence-corrected chi connectivity index (χ2v) is 6.33. The maximum absolute atomic E-state index is 12.5. The molecule has 1 unspecified atom stereocenters. The third-order valence-electron chi connectivity index (χ3n) is 3.78. The van der Waals surface area contributed by atoms with E-state index in [-0.39, 0.29) is 17.5 Å². The van der Waals surface area contributed by atoms with Crippen LogP contribution in [0.5, 0.6) is 0 Å². The molecule has 2 aliphatic rings. The summed E-state index contributed by atoms with van der Waals surface area (Å²) in [6.45, 7) is 4.32. The van der Waals surface area contributed by atoms with Crippen molar-refractivity contribution in [1.82, 2.24) is 0 Å².